The van der Waals surface area contributed by atoms with E-state index in [2.05, 4.69) is 15.6 Å². The number of hydrogen-bond donors (Lipinski definition) is 2. The van der Waals surface area contributed by atoms with Crippen molar-refractivity contribution in [2.24, 2.45) is 0 Å². The van der Waals surface area contributed by atoms with Crippen molar-refractivity contribution in [3.05, 3.63) is 23.6 Å². The minimum absolute atomic E-state index is 0.0425. The Kier molecular flexibility index (Phi) is 4.22. The molecule has 1 aliphatic heterocycles. The fourth-order valence-corrected chi connectivity index (χ4v) is 3.97. The molecular formula is C12H16FN3O3S. The van der Waals surface area contributed by atoms with Gasteiger partial charge in [-0.3, -0.25) is 4.79 Å². The lowest BCUT2D eigenvalue weighted by molar-refractivity contribution is 0.0953. The molecule has 1 saturated heterocycles. The van der Waals surface area contributed by atoms with Crippen LogP contribution >= 0.6 is 0 Å². The molecule has 1 aliphatic rings. The monoisotopic (exact) mass is 301 g/mol. The largest absolute Gasteiger partial charge is 0.372 e. The number of carbonyl (C=O) groups excluding carboxylic acids is 1. The first-order valence-corrected chi connectivity index (χ1v) is 7.98. The molecule has 0 bridgehead atoms. The van der Waals surface area contributed by atoms with Crippen molar-refractivity contribution >= 4 is 21.6 Å². The predicted octanol–water partition coefficient (Wildman–Crippen LogP) is 0.569. The van der Waals surface area contributed by atoms with Crippen LogP contribution in [0, 0.1) is 5.82 Å². The van der Waals surface area contributed by atoms with E-state index in [4.69, 9.17) is 0 Å². The molecule has 1 fully saturated rings. The highest BCUT2D eigenvalue weighted by molar-refractivity contribution is 7.92. The van der Waals surface area contributed by atoms with Crippen LogP contribution < -0.4 is 10.6 Å². The summed E-state index contributed by atoms with van der Waals surface area (Å²) in [6.07, 6.45) is 2.17. The number of carbonyl (C=O) groups is 1. The van der Waals surface area contributed by atoms with Crippen molar-refractivity contribution in [2.45, 2.75) is 18.1 Å². The number of sulfone groups is 1. The zero-order valence-corrected chi connectivity index (χ0v) is 11.8. The number of anilines is 1. The first-order chi connectivity index (χ1) is 9.44. The Labute approximate surface area is 116 Å². The topological polar surface area (TPSA) is 88.2 Å². The Morgan fingerprint density at radius 3 is 2.90 bits per heavy atom. The Hall–Kier alpha value is -1.70. The normalized spacial score (nSPS) is 20.6. The van der Waals surface area contributed by atoms with E-state index in [1.165, 1.54) is 0 Å². The predicted molar refractivity (Wildman–Crippen MR) is 72.9 cm³/mol. The van der Waals surface area contributed by atoms with Crippen LogP contribution in [-0.2, 0) is 9.84 Å². The summed E-state index contributed by atoms with van der Waals surface area (Å²) in [5.41, 5.74) is 0.0582. The molecule has 0 saturated carbocycles. The van der Waals surface area contributed by atoms with Crippen LogP contribution in [0.1, 0.15) is 23.2 Å². The van der Waals surface area contributed by atoms with Gasteiger partial charge in [0.1, 0.15) is 11.6 Å². The van der Waals surface area contributed by atoms with Gasteiger partial charge in [-0.05, 0) is 18.9 Å². The van der Waals surface area contributed by atoms with Crippen LogP contribution in [0.25, 0.3) is 0 Å². The number of aromatic nitrogens is 1. The highest BCUT2D eigenvalue weighted by Gasteiger charge is 2.31. The van der Waals surface area contributed by atoms with Crippen LogP contribution in [0.5, 0.6) is 0 Å². The lowest BCUT2D eigenvalue weighted by Gasteiger charge is -2.12. The Morgan fingerprint density at radius 2 is 2.30 bits per heavy atom. The van der Waals surface area contributed by atoms with Crippen LogP contribution in [0.3, 0.4) is 0 Å². The van der Waals surface area contributed by atoms with Crippen LogP contribution in [0.2, 0.25) is 0 Å². The van der Waals surface area contributed by atoms with Crippen LogP contribution in [0.4, 0.5) is 10.2 Å². The van der Waals surface area contributed by atoms with E-state index in [9.17, 15) is 17.6 Å². The van der Waals surface area contributed by atoms with E-state index in [0.717, 1.165) is 12.3 Å². The summed E-state index contributed by atoms with van der Waals surface area (Å²) in [5, 5.41) is 4.67. The van der Waals surface area contributed by atoms with E-state index in [-0.39, 0.29) is 23.7 Å². The van der Waals surface area contributed by atoms with Crippen molar-refractivity contribution in [3.8, 4) is 0 Å². The number of halogens is 1. The first kappa shape index (κ1) is 14.7. The zero-order valence-electron chi connectivity index (χ0n) is 11.0. The third-order valence-corrected chi connectivity index (χ3v) is 5.56. The zero-order chi connectivity index (χ0) is 14.8. The van der Waals surface area contributed by atoms with Gasteiger partial charge in [0, 0.05) is 13.6 Å². The van der Waals surface area contributed by atoms with Gasteiger partial charge < -0.3 is 10.6 Å². The number of hydrogen-bond acceptors (Lipinski definition) is 5. The molecule has 1 atom stereocenters. The van der Waals surface area contributed by atoms with Gasteiger partial charge in [0.15, 0.2) is 9.84 Å². The highest BCUT2D eigenvalue weighted by Crippen LogP contribution is 2.19. The molecule has 20 heavy (non-hydrogen) atoms. The van der Waals surface area contributed by atoms with Gasteiger partial charge in [0.2, 0.25) is 0 Å². The quantitative estimate of drug-likeness (QED) is 0.849. The Bertz CT molecular complexity index is 618. The fourth-order valence-electron chi connectivity index (χ4n) is 2.20. The third-order valence-electron chi connectivity index (χ3n) is 3.29. The molecule has 1 aromatic rings. The van der Waals surface area contributed by atoms with Crippen molar-refractivity contribution in [2.75, 3.05) is 24.7 Å². The molecule has 2 heterocycles. The third kappa shape index (κ3) is 3.06. The van der Waals surface area contributed by atoms with E-state index in [1.807, 2.05) is 0 Å². The van der Waals surface area contributed by atoms with Gasteiger partial charge in [0.05, 0.1) is 22.8 Å². The lowest BCUT2D eigenvalue weighted by Crippen LogP contribution is -2.35. The summed E-state index contributed by atoms with van der Waals surface area (Å²) in [6.45, 7) is 0.0425. The maximum Gasteiger partial charge on any atom is 0.255 e. The van der Waals surface area contributed by atoms with Crippen LogP contribution in [0.15, 0.2) is 12.3 Å². The van der Waals surface area contributed by atoms with Crippen molar-refractivity contribution in [1.82, 2.24) is 10.3 Å². The SMILES string of the molecule is CNc1ncc(F)cc1C(=O)NCC1CCCS1(=O)=O. The van der Waals surface area contributed by atoms with Gasteiger partial charge in [-0.15, -0.1) is 0 Å². The van der Waals surface area contributed by atoms with Gasteiger partial charge in [0.25, 0.3) is 5.91 Å². The van der Waals surface area contributed by atoms with Gasteiger partial charge in [-0.25, -0.2) is 17.8 Å². The number of nitrogens with zero attached hydrogens (tertiary/aromatic N) is 1. The summed E-state index contributed by atoms with van der Waals surface area (Å²) >= 11 is 0. The number of nitrogens with one attached hydrogen (secondary N) is 2. The highest BCUT2D eigenvalue weighted by atomic mass is 32.2. The summed E-state index contributed by atoms with van der Waals surface area (Å²) in [5.74, 6) is -0.749. The second-order valence-corrected chi connectivity index (χ2v) is 7.04. The molecule has 6 nitrogen and oxygen atoms in total. The smallest absolute Gasteiger partial charge is 0.255 e. The Balaban J connectivity index is 2.07. The molecule has 0 spiro atoms. The molecule has 2 rings (SSSR count). The molecule has 0 radical (unpaired) electrons. The lowest BCUT2D eigenvalue weighted by atomic mass is 10.2. The molecule has 1 amide bonds. The van der Waals surface area contributed by atoms with E-state index in [1.54, 1.807) is 7.05 Å². The average molecular weight is 301 g/mol. The molecule has 0 aromatic carbocycles. The number of amides is 1. The average Bonchev–Trinajstić information content (AvgIpc) is 2.75. The molecule has 110 valence electrons. The molecule has 8 heteroatoms. The molecule has 1 unspecified atom stereocenters. The second-order valence-electron chi connectivity index (χ2n) is 4.64. The molecule has 2 N–H and O–H groups in total. The van der Waals surface area contributed by atoms with Crippen molar-refractivity contribution in [3.63, 3.8) is 0 Å². The summed E-state index contributed by atoms with van der Waals surface area (Å²) < 4.78 is 36.4. The van der Waals surface area contributed by atoms with E-state index in [0.29, 0.717) is 12.8 Å². The summed E-state index contributed by atoms with van der Waals surface area (Å²) in [4.78, 5) is 15.8. The van der Waals surface area contributed by atoms with Gasteiger partial charge in [-0.1, -0.05) is 0 Å². The minimum Gasteiger partial charge on any atom is -0.372 e. The molecule has 0 aliphatic carbocycles. The minimum atomic E-state index is -3.11. The van der Waals surface area contributed by atoms with Crippen molar-refractivity contribution in [1.29, 1.82) is 0 Å². The van der Waals surface area contributed by atoms with E-state index >= 15 is 0 Å². The maximum absolute atomic E-state index is 13.1. The summed E-state index contributed by atoms with van der Waals surface area (Å²) in [6, 6.07) is 1.07. The van der Waals surface area contributed by atoms with Crippen LogP contribution in [-0.4, -0.2) is 43.9 Å². The van der Waals surface area contributed by atoms with Gasteiger partial charge >= 0.3 is 0 Å². The second kappa shape index (κ2) is 5.74. The maximum atomic E-state index is 13.1. The standard InChI is InChI=1S/C12H16FN3O3S/c1-14-11-10(5-8(13)6-15-11)12(17)16-7-9-3-2-4-20(9,18)19/h5-6,9H,2-4,7H2,1H3,(H,14,15)(H,16,17). The van der Waals surface area contributed by atoms with Gasteiger partial charge in [-0.2, -0.15) is 0 Å². The van der Waals surface area contributed by atoms with Crippen molar-refractivity contribution < 1.29 is 17.6 Å². The first-order valence-electron chi connectivity index (χ1n) is 6.27. The number of rotatable bonds is 4. The number of pyridine rings is 1. The fraction of sp³-hybridized carbons (Fsp3) is 0.500. The Morgan fingerprint density at radius 1 is 1.55 bits per heavy atom. The summed E-state index contributed by atoms with van der Waals surface area (Å²) in [7, 11) is -1.54. The molecule has 1 aromatic heterocycles. The van der Waals surface area contributed by atoms with E-state index < -0.39 is 26.8 Å². The molecular weight excluding hydrogens is 285 g/mol.